The van der Waals surface area contributed by atoms with Gasteiger partial charge in [-0.2, -0.15) is 11.8 Å². The highest BCUT2D eigenvalue weighted by Crippen LogP contribution is 2.44. The Balaban J connectivity index is 1.57. The molecule has 2 aromatic carbocycles. The van der Waals surface area contributed by atoms with E-state index in [9.17, 15) is 19.5 Å². The summed E-state index contributed by atoms with van der Waals surface area (Å²) in [6.07, 6.45) is 3.00. The Hall–Kier alpha value is -3.00. The van der Waals surface area contributed by atoms with Gasteiger partial charge in [-0.05, 0) is 47.1 Å². The fraction of sp³-hybridized carbons (Fsp3) is 0.423. The van der Waals surface area contributed by atoms with Crippen LogP contribution in [0.2, 0.25) is 0 Å². The average Bonchev–Trinajstić information content (AvgIpc) is 3.14. The molecular formula is C26H32N2O5S. The quantitative estimate of drug-likeness (QED) is 0.412. The fourth-order valence-electron chi connectivity index (χ4n) is 4.35. The highest BCUT2D eigenvalue weighted by Gasteiger charge is 2.29. The molecule has 0 aromatic heterocycles. The van der Waals surface area contributed by atoms with E-state index in [0.29, 0.717) is 18.6 Å². The Kier molecular flexibility index (Phi) is 9.39. The molecule has 8 heteroatoms. The zero-order valence-corrected chi connectivity index (χ0v) is 20.4. The molecule has 34 heavy (non-hydrogen) atoms. The third-order valence-corrected chi connectivity index (χ3v) is 6.62. The Bertz CT molecular complexity index is 967. The van der Waals surface area contributed by atoms with Crippen molar-refractivity contribution in [3.63, 3.8) is 0 Å². The number of ether oxygens (including phenoxy) is 1. The number of hydrogen-bond donors (Lipinski definition) is 3. The molecule has 0 spiro atoms. The van der Waals surface area contributed by atoms with E-state index < -0.39 is 30.1 Å². The van der Waals surface area contributed by atoms with Crippen molar-refractivity contribution in [1.82, 2.24) is 10.6 Å². The molecule has 0 aliphatic heterocycles. The van der Waals surface area contributed by atoms with E-state index in [1.807, 2.05) is 37.4 Å². The number of carbonyl (C=O) groups is 3. The van der Waals surface area contributed by atoms with Crippen LogP contribution in [0.15, 0.2) is 48.5 Å². The van der Waals surface area contributed by atoms with Crippen molar-refractivity contribution >= 4 is 29.7 Å². The first kappa shape index (κ1) is 25.6. The SMILES string of the molecule is CCC[C@@H](CC(=O)N[C@H](CCSC)C(=O)O)NC(=O)OCC1c2ccccc2-c2ccccc21. The lowest BCUT2D eigenvalue weighted by Gasteiger charge is -2.20. The average molecular weight is 485 g/mol. The molecule has 0 unspecified atom stereocenters. The van der Waals surface area contributed by atoms with Gasteiger partial charge in [0.15, 0.2) is 0 Å². The second kappa shape index (κ2) is 12.5. The lowest BCUT2D eigenvalue weighted by Crippen LogP contribution is -2.45. The molecular weight excluding hydrogens is 452 g/mol. The fourth-order valence-corrected chi connectivity index (χ4v) is 4.82. The van der Waals surface area contributed by atoms with Crippen molar-refractivity contribution in [2.24, 2.45) is 0 Å². The summed E-state index contributed by atoms with van der Waals surface area (Å²) in [4.78, 5) is 36.5. The molecule has 182 valence electrons. The summed E-state index contributed by atoms with van der Waals surface area (Å²) in [6.45, 7) is 2.16. The van der Waals surface area contributed by atoms with Crippen LogP contribution in [0.25, 0.3) is 11.1 Å². The molecule has 2 aromatic rings. The van der Waals surface area contributed by atoms with E-state index in [1.54, 1.807) is 0 Å². The molecule has 0 heterocycles. The minimum absolute atomic E-state index is 0.00107. The molecule has 0 radical (unpaired) electrons. The van der Waals surface area contributed by atoms with E-state index in [0.717, 1.165) is 28.7 Å². The Morgan fingerprint density at radius 1 is 1.00 bits per heavy atom. The maximum atomic E-state index is 12.6. The van der Waals surface area contributed by atoms with Crippen molar-refractivity contribution < 1.29 is 24.2 Å². The van der Waals surface area contributed by atoms with Crippen molar-refractivity contribution in [3.05, 3.63) is 59.7 Å². The van der Waals surface area contributed by atoms with E-state index in [1.165, 1.54) is 11.8 Å². The number of alkyl carbamates (subject to hydrolysis) is 1. The van der Waals surface area contributed by atoms with Gasteiger partial charge in [-0.3, -0.25) is 4.79 Å². The number of amides is 2. The molecule has 7 nitrogen and oxygen atoms in total. The minimum Gasteiger partial charge on any atom is -0.480 e. The zero-order valence-electron chi connectivity index (χ0n) is 19.6. The van der Waals surface area contributed by atoms with Gasteiger partial charge in [-0.25, -0.2) is 9.59 Å². The first-order chi connectivity index (χ1) is 16.4. The van der Waals surface area contributed by atoms with E-state index in [-0.39, 0.29) is 18.9 Å². The molecule has 1 aliphatic carbocycles. The zero-order chi connectivity index (χ0) is 24.5. The molecule has 0 saturated heterocycles. The van der Waals surface area contributed by atoms with Crippen LogP contribution >= 0.6 is 11.8 Å². The molecule has 1 aliphatic rings. The number of nitrogens with one attached hydrogen (secondary N) is 2. The lowest BCUT2D eigenvalue weighted by atomic mass is 9.98. The van der Waals surface area contributed by atoms with Gasteiger partial charge in [0.2, 0.25) is 5.91 Å². The summed E-state index contributed by atoms with van der Waals surface area (Å²) in [6, 6.07) is 14.9. The topological polar surface area (TPSA) is 105 Å². The van der Waals surface area contributed by atoms with Crippen LogP contribution in [0.1, 0.15) is 49.7 Å². The van der Waals surface area contributed by atoms with Crippen LogP contribution in [-0.2, 0) is 14.3 Å². The summed E-state index contributed by atoms with van der Waals surface area (Å²) in [7, 11) is 0. The Morgan fingerprint density at radius 2 is 1.62 bits per heavy atom. The summed E-state index contributed by atoms with van der Waals surface area (Å²) >= 11 is 1.52. The summed E-state index contributed by atoms with van der Waals surface area (Å²) in [5.74, 6) is -0.864. The number of carboxylic acids is 1. The summed E-state index contributed by atoms with van der Waals surface area (Å²) < 4.78 is 5.59. The highest BCUT2D eigenvalue weighted by molar-refractivity contribution is 7.98. The van der Waals surface area contributed by atoms with Crippen LogP contribution in [0.3, 0.4) is 0 Å². The largest absolute Gasteiger partial charge is 0.480 e. The number of rotatable bonds is 12. The molecule has 2 amide bonds. The first-order valence-electron chi connectivity index (χ1n) is 11.6. The lowest BCUT2D eigenvalue weighted by molar-refractivity contribution is -0.141. The Labute approximate surface area is 204 Å². The van der Waals surface area contributed by atoms with Gasteiger partial charge in [0.1, 0.15) is 12.6 Å². The summed E-state index contributed by atoms with van der Waals surface area (Å²) in [5.41, 5.74) is 4.57. The molecule has 0 bridgehead atoms. The van der Waals surface area contributed by atoms with Gasteiger partial charge in [0, 0.05) is 18.4 Å². The normalized spacial score (nSPS) is 13.9. The van der Waals surface area contributed by atoms with Crippen LogP contribution in [0.5, 0.6) is 0 Å². The van der Waals surface area contributed by atoms with Crippen LogP contribution in [0, 0.1) is 0 Å². The van der Waals surface area contributed by atoms with Gasteiger partial charge >= 0.3 is 12.1 Å². The molecule has 3 N–H and O–H groups in total. The van der Waals surface area contributed by atoms with E-state index >= 15 is 0 Å². The van der Waals surface area contributed by atoms with Crippen LogP contribution in [-0.4, -0.2) is 53.8 Å². The smallest absolute Gasteiger partial charge is 0.407 e. The third-order valence-electron chi connectivity index (χ3n) is 5.98. The second-order valence-electron chi connectivity index (χ2n) is 8.40. The number of thioether (sulfide) groups is 1. The maximum Gasteiger partial charge on any atom is 0.407 e. The standard InChI is InChI=1S/C26H32N2O5S/c1-3-8-17(15-24(29)28-23(25(30)31)13-14-34-2)27-26(32)33-16-22-20-11-6-4-9-18(20)19-10-5-7-12-21(19)22/h4-7,9-12,17,22-23H,3,8,13-16H2,1-2H3,(H,27,32)(H,28,29)(H,30,31)/t17-,23+/m0/s1. The van der Waals surface area contributed by atoms with Gasteiger partial charge < -0.3 is 20.5 Å². The van der Waals surface area contributed by atoms with Gasteiger partial charge in [-0.1, -0.05) is 61.9 Å². The number of fused-ring (bicyclic) bond motifs is 3. The van der Waals surface area contributed by atoms with Gasteiger partial charge in [-0.15, -0.1) is 0 Å². The highest BCUT2D eigenvalue weighted by atomic mass is 32.2. The Morgan fingerprint density at radius 3 is 2.18 bits per heavy atom. The van der Waals surface area contributed by atoms with E-state index in [4.69, 9.17) is 4.74 Å². The van der Waals surface area contributed by atoms with Gasteiger partial charge in [0.05, 0.1) is 0 Å². The number of benzene rings is 2. The van der Waals surface area contributed by atoms with Crippen molar-refractivity contribution in [1.29, 1.82) is 0 Å². The van der Waals surface area contributed by atoms with Crippen molar-refractivity contribution in [2.45, 2.75) is 50.6 Å². The van der Waals surface area contributed by atoms with Crippen molar-refractivity contribution in [3.8, 4) is 11.1 Å². The predicted molar refractivity (Wildman–Crippen MR) is 134 cm³/mol. The summed E-state index contributed by atoms with van der Waals surface area (Å²) in [5, 5.41) is 14.7. The first-order valence-corrected chi connectivity index (χ1v) is 13.0. The second-order valence-corrected chi connectivity index (χ2v) is 9.39. The monoisotopic (exact) mass is 484 g/mol. The molecule has 2 atom stereocenters. The van der Waals surface area contributed by atoms with E-state index in [2.05, 4.69) is 34.9 Å². The number of carboxylic acid groups (broad SMARTS) is 1. The molecule has 0 saturated carbocycles. The van der Waals surface area contributed by atoms with Crippen molar-refractivity contribution in [2.75, 3.05) is 18.6 Å². The maximum absolute atomic E-state index is 12.6. The number of hydrogen-bond acceptors (Lipinski definition) is 5. The minimum atomic E-state index is -1.06. The molecule has 0 fully saturated rings. The van der Waals surface area contributed by atoms with Crippen LogP contribution in [0.4, 0.5) is 4.79 Å². The van der Waals surface area contributed by atoms with Gasteiger partial charge in [0.25, 0.3) is 0 Å². The van der Waals surface area contributed by atoms with Crippen LogP contribution < -0.4 is 10.6 Å². The third kappa shape index (κ3) is 6.53. The number of carbonyl (C=O) groups excluding carboxylic acids is 2. The predicted octanol–water partition coefficient (Wildman–Crippen LogP) is 4.41. The number of aliphatic carboxylic acids is 1. The molecule has 3 rings (SSSR count).